The van der Waals surface area contributed by atoms with Crippen molar-refractivity contribution in [2.24, 2.45) is 5.92 Å². The molecular formula is C17H20FN3O4. The summed E-state index contributed by atoms with van der Waals surface area (Å²) in [6.45, 7) is 1.07. The molecule has 2 saturated heterocycles. The summed E-state index contributed by atoms with van der Waals surface area (Å²) in [5.41, 5.74) is 0. The first-order valence-electron chi connectivity index (χ1n) is 8.15. The summed E-state index contributed by atoms with van der Waals surface area (Å²) < 4.78 is 18.3. The summed E-state index contributed by atoms with van der Waals surface area (Å²) >= 11 is 0. The van der Waals surface area contributed by atoms with Gasteiger partial charge >= 0.3 is 0 Å². The van der Waals surface area contributed by atoms with Crippen LogP contribution in [0.3, 0.4) is 0 Å². The molecule has 1 N–H and O–H groups in total. The van der Waals surface area contributed by atoms with Crippen molar-refractivity contribution < 1.29 is 23.5 Å². The number of nitrogens with one attached hydrogen (secondary N) is 1. The second-order valence-electron chi connectivity index (χ2n) is 6.26. The smallest absolute Gasteiger partial charge is 0.260 e. The Morgan fingerprint density at radius 1 is 1.32 bits per heavy atom. The fourth-order valence-electron chi connectivity index (χ4n) is 3.11. The maximum atomic E-state index is 13.1. The highest BCUT2D eigenvalue weighted by Crippen LogP contribution is 2.25. The van der Waals surface area contributed by atoms with Crippen molar-refractivity contribution in [3.8, 4) is 5.75 Å². The van der Waals surface area contributed by atoms with E-state index >= 15 is 0 Å². The first-order valence-corrected chi connectivity index (χ1v) is 8.15. The van der Waals surface area contributed by atoms with Gasteiger partial charge in [0.15, 0.2) is 6.61 Å². The Balaban J connectivity index is 1.45. The molecule has 7 nitrogen and oxygen atoms in total. The molecule has 1 aromatic rings. The van der Waals surface area contributed by atoms with Crippen LogP contribution in [0.25, 0.3) is 0 Å². The Kier molecular flexibility index (Phi) is 4.87. The maximum absolute atomic E-state index is 13.1. The molecule has 3 amide bonds. The van der Waals surface area contributed by atoms with E-state index in [1.54, 1.807) is 22.9 Å². The molecule has 2 heterocycles. The summed E-state index contributed by atoms with van der Waals surface area (Å²) in [5.74, 6) is -0.845. The van der Waals surface area contributed by atoms with Gasteiger partial charge in [0.1, 0.15) is 11.6 Å². The van der Waals surface area contributed by atoms with Gasteiger partial charge in [-0.2, -0.15) is 0 Å². The molecule has 134 valence electrons. The minimum atomic E-state index is -0.424. The standard InChI is InChI=1S/C17H20FN3O4/c1-19-17(24)11-5-15(22)21(7-11)13-8-20(9-13)16(23)10-25-14-4-2-3-12(18)6-14/h2-4,6,11,13H,5,7-10H2,1H3,(H,19,24). The Labute approximate surface area is 144 Å². The lowest BCUT2D eigenvalue weighted by Crippen LogP contribution is -2.62. The number of nitrogens with zero attached hydrogens (tertiary/aromatic N) is 2. The average molecular weight is 349 g/mol. The van der Waals surface area contributed by atoms with Crippen molar-refractivity contribution >= 4 is 17.7 Å². The Hall–Kier alpha value is -2.64. The maximum Gasteiger partial charge on any atom is 0.260 e. The van der Waals surface area contributed by atoms with Gasteiger partial charge in [0, 0.05) is 39.2 Å². The zero-order chi connectivity index (χ0) is 18.0. The number of benzene rings is 1. The monoisotopic (exact) mass is 349 g/mol. The molecule has 0 spiro atoms. The summed E-state index contributed by atoms with van der Waals surface area (Å²) in [4.78, 5) is 39.0. The Morgan fingerprint density at radius 3 is 2.76 bits per heavy atom. The molecule has 0 aromatic heterocycles. The van der Waals surface area contributed by atoms with Crippen LogP contribution in [0.5, 0.6) is 5.75 Å². The van der Waals surface area contributed by atoms with Crippen LogP contribution >= 0.6 is 0 Å². The predicted molar refractivity (Wildman–Crippen MR) is 86.1 cm³/mol. The van der Waals surface area contributed by atoms with Gasteiger partial charge in [-0.15, -0.1) is 0 Å². The van der Waals surface area contributed by atoms with E-state index in [4.69, 9.17) is 4.74 Å². The van der Waals surface area contributed by atoms with E-state index in [-0.39, 0.29) is 42.7 Å². The summed E-state index contributed by atoms with van der Waals surface area (Å²) in [6, 6.07) is 5.55. The number of likely N-dealkylation sites (tertiary alicyclic amines) is 2. The SMILES string of the molecule is CNC(=O)C1CC(=O)N(C2CN(C(=O)COc3cccc(F)c3)C2)C1. The van der Waals surface area contributed by atoms with Crippen LogP contribution in [-0.4, -0.2) is 66.9 Å². The van der Waals surface area contributed by atoms with E-state index < -0.39 is 5.82 Å². The minimum absolute atomic E-state index is 0.0540. The van der Waals surface area contributed by atoms with Crippen LogP contribution < -0.4 is 10.1 Å². The molecule has 1 aromatic carbocycles. The van der Waals surface area contributed by atoms with Crippen molar-refractivity contribution in [1.29, 1.82) is 0 Å². The average Bonchev–Trinajstić information content (AvgIpc) is 2.92. The second kappa shape index (κ2) is 7.08. The molecule has 0 radical (unpaired) electrons. The lowest BCUT2D eigenvalue weighted by Gasteiger charge is -2.43. The van der Waals surface area contributed by atoms with Gasteiger partial charge in [-0.25, -0.2) is 4.39 Å². The number of hydrogen-bond acceptors (Lipinski definition) is 4. The predicted octanol–water partition coefficient (Wildman–Crippen LogP) is 0.00980. The van der Waals surface area contributed by atoms with E-state index in [0.29, 0.717) is 25.4 Å². The third-order valence-electron chi connectivity index (χ3n) is 4.59. The van der Waals surface area contributed by atoms with Crippen LogP contribution in [0, 0.1) is 11.7 Å². The van der Waals surface area contributed by atoms with Crippen molar-refractivity contribution in [3.63, 3.8) is 0 Å². The van der Waals surface area contributed by atoms with Crippen LogP contribution in [0.2, 0.25) is 0 Å². The van der Waals surface area contributed by atoms with E-state index in [1.165, 1.54) is 18.2 Å². The zero-order valence-electron chi connectivity index (χ0n) is 13.9. The van der Waals surface area contributed by atoms with E-state index in [9.17, 15) is 18.8 Å². The normalized spacial score (nSPS) is 20.4. The van der Waals surface area contributed by atoms with Gasteiger partial charge in [-0.3, -0.25) is 14.4 Å². The Bertz CT molecular complexity index is 690. The molecule has 0 saturated carbocycles. The molecular weight excluding hydrogens is 329 g/mol. The quantitative estimate of drug-likeness (QED) is 0.812. The third kappa shape index (κ3) is 3.72. The van der Waals surface area contributed by atoms with Crippen molar-refractivity contribution in [1.82, 2.24) is 15.1 Å². The lowest BCUT2D eigenvalue weighted by molar-refractivity contribution is -0.145. The largest absolute Gasteiger partial charge is 0.484 e. The molecule has 8 heteroatoms. The summed E-state index contributed by atoms with van der Waals surface area (Å²) in [5, 5.41) is 2.56. The number of carbonyl (C=O) groups excluding carboxylic acids is 3. The highest BCUT2D eigenvalue weighted by Gasteiger charge is 2.43. The summed E-state index contributed by atoms with van der Waals surface area (Å²) in [6.07, 6.45) is 0.215. The van der Waals surface area contributed by atoms with Crippen LogP contribution in [-0.2, 0) is 14.4 Å². The number of halogens is 1. The molecule has 2 aliphatic rings. The van der Waals surface area contributed by atoms with Gasteiger partial charge in [0.2, 0.25) is 11.8 Å². The molecule has 0 aliphatic carbocycles. The first kappa shape index (κ1) is 17.2. The van der Waals surface area contributed by atoms with Gasteiger partial charge in [-0.05, 0) is 12.1 Å². The lowest BCUT2D eigenvalue weighted by atomic mass is 10.1. The van der Waals surface area contributed by atoms with Gasteiger partial charge < -0.3 is 19.9 Å². The van der Waals surface area contributed by atoms with Gasteiger partial charge in [0.25, 0.3) is 5.91 Å². The molecule has 1 atom stereocenters. The van der Waals surface area contributed by atoms with E-state index in [0.717, 1.165) is 0 Å². The Morgan fingerprint density at radius 2 is 2.08 bits per heavy atom. The first-order chi connectivity index (χ1) is 12.0. The van der Waals surface area contributed by atoms with Gasteiger partial charge in [0.05, 0.1) is 12.0 Å². The zero-order valence-corrected chi connectivity index (χ0v) is 13.9. The molecule has 2 aliphatic heterocycles. The van der Waals surface area contributed by atoms with Crippen LogP contribution in [0.4, 0.5) is 4.39 Å². The number of amides is 3. The summed E-state index contributed by atoms with van der Waals surface area (Å²) in [7, 11) is 1.55. The highest BCUT2D eigenvalue weighted by molar-refractivity contribution is 5.89. The molecule has 2 fully saturated rings. The van der Waals surface area contributed by atoms with Gasteiger partial charge in [-0.1, -0.05) is 6.07 Å². The third-order valence-corrected chi connectivity index (χ3v) is 4.59. The molecule has 25 heavy (non-hydrogen) atoms. The molecule has 3 rings (SSSR count). The second-order valence-corrected chi connectivity index (χ2v) is 6.26. The minimum Gasteiger partial charge on any atom is -0.484 e. The number of carbonyl (C=O) groups is 3. The number of rotatable bonds is 5. The van der Waals surface area contributed by atoms with E-state index in [1.807, 2.05) is 0 Å². The van der Waals surface area contributed by atoms with Crippen LogP contribution in [0.15, 0.2) is 24.3 Å². The fraction of sp³-hybridized carbons (Fsp3) is 0.471. The molecule has 1 unspecified atom stereocenters. The topological polar surface area (TPSA) is 79.0 Å². The number of hydrogen-bond donors (Lipinski definition) is 1. The fourth-order valence-corrected chi connectivity index (χ4v) is 3.11. The van der Waals surface area contributed by atoms with Crippen molar-refractivity contribution in [2.75, 3.05) is 33.3 Å². The van der Waals surface area contributed by atoms with E-state index in [2.05, 4.69) is 5.32 Å². The van der Waals surface area contributed by atoms with Crippen molar-refractivity contribution in [3.05, 3.63) is 30.1 Å². The molecule has 0 bridgehead atoms. The highest BCUT2D eigenvalue weighted by atomic mass is 19.1. The van der Waals surface area contributed by atoms with Crippen molar-refractivity contribution in [2.45, 2.75) is 12.5 Å². The number of ether oxygens (including phenoxy) is 1. The van der Waals surface area contributed by atoms with Crippen LogP contribution in [0.1, 0.15) is 6.42 Å².